The predicted molar refractivity (Wildman–Crippen MR) is 74.5 cm³/mol. The maximum absolute atomic E-state index is 11.6. The number of carbonyl (C=O) groups excluding carboxylic acids is 1. The maximum atomic E-state index is 11.6. The topological polar surface area (TPSA) is 101 Å². The van der Waals surface area contributed by atoms with Crippen LogP contribution >= 0.6 is 34.9 Å². The van der Waals surface area contributed by atoms with Crippen LogP contribution in [0.25, 0.3) is 11.0 Å². The highest BCUT2D eigenvalue weighted by Crippen LogP contribution is 2.35. The lowest BCUT2D eigenvalue weighted by atomic mass is 10.2. The summed E-state index contributed by atoms with van der Waals surface area (Å²) in [7, 11) is 0. The molecule has 0 radical (unpaired) electrons. The number of anilines is 1. The fourth-order valence-electron chi connectivity index (χ4n) is 1.40. The van der Waals surface area contributed by atoms with Crippen molar-refractivity contribution in [2.24, 2.45) is 0 Å². The average molecular weight is 336 g/mol. The lowest BCUT2D eigenvalue weighted by Crippen LogP contribution is -2.21. The van der Waals surface area contributed by atoms with Gasteiger partial charge in [0.25, 0.3) is 0 Å². The Balaban J connectivity index is 2.15. The molecule has 1 aromatic heterocycles. The summed E-state index contributed by atoms with van der Waals surface area (Å²) in [6, 6.07) is 1.45. The highest BCUT2D eigenvalue weighted by molar-refractivity contribution is 7.00. The molecule has 1 aromatic carbocycles. The molecular formula is C10H7Cl2N3O4S. The van der Waals surface area contributed by atoms with Crippen molar-refractivity contribution in [2.75, 3.05) is 18.5 Å². The summed E-state index contributed by atoms with van der Waals surface area (Å²) >= 11 is 12.9. The SMILES string of the molecule is O=C(O)COCC(=O)Nc1c(Cl)cc(Cl)c2nsnc12. The molecule has 0 unspecified atom stereocenters. The third-order valence-electron chi connectivity index (χ3n) is 2.17. The average Bonchev–Trinajstić information content (AvgIpc) is 2.83. The van der Waals surface area contributed by atoms with Crippen molar-refractivity contribution >= 4 is 63.5 Å². The fourth-order valence-corrected chi connectivity index (χ4v) is 2.56. The Kier molecular flexibility index (Phi) is 4.71. The molecule has 20 heavy (non-hydrogen) atoms. The number of benzene rings is 1. The van der Waals surface area contributed by atoms with E-state index in [-0.39, 0.29) is 10.7 Å². The van der Waals surface area contributed by atoms with E-state index in [1.54, 1.807) is 0 Å². The molecule has 2 N–H and O–H groups in total. The van der Waals surface area contributed by atoms with E-state index in [9.17, 15) is 9.59 Å². The zero-order valence-electron chi connectivity index (χ0n) is 9.72. The highest BCUT2D eigenvalue weighted by atomic mass is 35.5. The summed E-state index contributed by atoms with van der Waals surface area (Å²) in [5.74, 6) is -1.71. The van der Waals surface area contributed by atoms with E-state index < -0.39 is 25.1 Å². The van der Waals surface area contributed by atoms with Gasteiger partial charge < -0.3 is 15.2 Å². The molecule has 0 saturated heterocycles. The van der Waals surface area contributed by atoms with Gasteiger partial charge in [-0.15, -0.1) is 0 Å². The van der Waals surface area contributed by atoms with Gasteiger partial charge in [0.15, 0.2) is 0 Å². The Morgan fingerprint density at radius 1 is 1.25 bits per heavy atom. The number of aromatic nitrogens is 2. The zero-order valence-corrected chi connectivity index (χ0v) is 12.1. The minimum Gasteiger partial charge on any atom is -0.480 e. The number of hydrogen-bond donors (Lipinski definition) is 2. The first-order valence-electron chi connectivity index (χ1n) is 5.18. The Morgan fingerprint density at radius 2 is 1.95 bits per heavy atom. The van der Waals surface area contributed by atoms with E-state index in [0.29, 0.717) is 16.1 Å². The van der Waals surface area contributed by atoms with E-state index in [1.807, 2.05) is 0 Å². The number of halogens is 2. The van der Waals surface area contributed by atoms with Crippen LogP contribution in [-0.2, 0) is 14.3 Å². The molecule has 0 aliphatic carbocycles. The van der Waals surface area contributed by atoms with Gasteiger partial charge in [-0.1, -0.05) is 23.2 Å². The second-order valence-corrected chi connectivity index (χ2v) is 4.95. The predicted octanol–water partition coefficient (Wildman–Crippen LogP) is 2.04. The number of nitrogens with one attached hydrogen (secondary N) is 1. The van der Waals surface area contributed by atoms with Crippen LogP contribution in [0.5, 0.6) is 0 Å². The van der Waals surface area contributed by atoms with E-state index in [2.05, 4.69) is 18.8 Å². The van der Waals surface area contributed by atoms with Gasteiger partial charge >= 0.3 is 5.97 Å². The fraction of sp³-hybridized carbons (Fsp3) is 0.200. The smallest absolute Gasteiger partial charge is 0.329 e. The molecule has 10 heteroatoms. The van der Waals surface area contributed by atoms with Gasteiger partial charge in [0.05, 0.1) is 27.5 Å². The molecule has 0 bridgehead atoms. The van der Waals surface area contributed by atoms with E-state index >= 15 is 0 Å². The van der Waals surface area contributed by atoms with Gasteiger partial charge in [-0.2, -0.15) is 8.75 Å². The Morgan fingerprint density at radius 3 is 2.65 bits per heavy atom. The number of fused-ring (bicyclic) bond motifs is 1. The van der Waals surface area contributed by atoms with Gasteiger partial charge in [-0.3, -0.25) is 4.79 Å². The van der Waals surface area contributed by atoms with E-state index in [0.717, 1.165) is 11.7 Å². The van der Waals surface area contributed by atoms with Crippen molar-refractivity contribution in [3.05, 3.63) is 16.1 Å². The summed E-state index contributed by atoms with van der Waals surface area (Å²) < 4.78 is 12.7. The first kappa shape index (κ1) is 14.9. The number of ether oxygens (including phenoxy) is 1. The van der Waals surface area contributed by atoms with E-state index in [4.69, 9.17) is 28.3 Å². The van der Waals surface area contributed by atoms with Crippen LogP contribution in [0, 0.1) is 0 Å². The van der Waals surface area contributed by atoms with Gasteiger partial charge in [0, 0.05) is 0 Å². The summed E-state index contributed by atoms with van der Waals surface area (Å²) in [6.45, 7) is -0.972. The highest BCUT2D eigenvalue weighted by Gasteiger charge is 2.16. The maximum Gasteiger partial charge on any atom is 0.329 e. The van der Waals surface area contributed by atoms with Gasteiger partial charge in [-0.25, -0.2) is 4.79 Å². The number of amides is 1. The van der Waals surface area contributed by atoms with Crippen molar-refractivity contribution in [1.82, 2.24) is 8.75 Å². The van der Waals surface area contributed by atoms with Crippen LogP contribution < -0.4 is 5.32 Å². The van der Waals surface area contributed by atoms with Crippen molar-refractivity contribution in [2.45, 2.75) is 0 Å². The van der Waals surface area contributed by atoms with Crippen LogP contribution in [0.2, 0.25) is 10.0 Å². The lowest BCUT2D eigenvalue weighted by molar-refractivity contribution is -0.143. The van der Waals surface area contributed by atoms with Crippen LogP contribution in [-0.4, -0.2) is 38.9 Å². The molecule has 2 rings (SSSR count). The van der Waals surface area contributed by atoms with Crippen molar-refractivity contribution in [3.63, 3.8) is 0 Å². The molecule has 1 amide bonds. The molecule has 0 saturated carbocycles. The van der Waals surface area contributed by atoms with Crippen LogP contribution in [0.15, 0.2) is 6.07 Å². The minimum absolute atomic E-state index is 0.210. The van der Waals surface area contributed by atoms with Crippen molar-refractivity contribution in [1.29, 1.82) is 0 Å². The molecule has 7 nitrogen and oxygen atoms in total. The third kappa shape index (κ3) is 3.34. The molecule has 0 aliphatic heterocycles. The largest absolute Gasteiger partial charge is 0.480 e. The molecule has 0 atom stereocenters. The van der Waals surface area contributed by atoms with Crippen LogP contribution in [0.3, 0.4) is 0 Å². The normalized spacial score (nSPS) is 10.7. The number of nitrogens with zero attached hydrogens (tertiary/aromatic N) is 2. The second-order valence-electron chi connectivity index (χ2n) is 3.61. The molecule has 2 aromatic rings. The van der Waals surface area contributed by atoms with Crippen molar-refractivity contribution in [3.8, 4) is 0 Å². The summed E-state index contributed by atoms with van der Waals surface area (Å²) in [4.78, 5) is 21.9. The summed E-state index contributed by atoms with van der Waals surface area (Å²) in [5.41, 5.74) is 1.07. The standard InChI is InChI=1S/C10H7Cl2N3O4S/c11-4-1-5(12)9-10(15-20-14-9)8(4)13-6(16)2-19-3-7(17)18/h1H,2-3H2,(H,13,16)(H,17,18). The van der Waals surface area contributed by atoms with Gasteiger partial charge in [0.2, 0.25) is 5.91 Å². The lowest BCUT2D eigenvalue weighted by Gasteiger charge is -2.08. The molecular weight excluding hydrogens is 329 g/mol. The Labute approximate surface area is 126 Å². The zero-order chi connectivity index (χ0) is 14.7. The molecule has 0 spiro atoms. The number of carboxylic acid groups (broad SMARTS) is 1. The van der Waals surface area contributed by atoms with Crippen molar-refractivity contribution < 1.29 is 19.4 Å². The monoisotopic (exact) mass is 335 g/mol. The third-order valence-corrected chi connectivity index (χ3v) is 3.28. The summed E-state index contributed by atoms with van der Waals surface area (Å²) in [6.07, 6.45) is 0. The quantitative estimate of drug-likeness (QED) is 0.866. The number of hydrogen-bond acceptors (Lipinski definition) is 6. The Hall–Kier alpha value is -1.48. The number of carboxylic acids is 1. The summed E-state index contributed by atoms with van der Waals surface area (Å²) in [5, 5.41) is 11.4. The Bertz CT molecular complexity index is 676. The second kappa shape index (κ2) is 6.31. The minimum atomic E-state index is -1.16. The van der Waals surface area contributed by atoms with E-state index in [1.165, 1.54) is 6.07 Å². The molecule has 106 valence electrons. The van der Waals surface area contributed by atoms with Gasteiger partial charge in [-0.05, 0) is 6.07 Å². The first-order chi connectivity index (χ1) is 9.49. The van der Waals surface area contributed by atoms with Crippen LogP contribution in [0.4, 0.5) is 5.69 Å². The number of aliphatic carboxylic acids is 1. The molecule has 0 fully saturated rings. The number of carbonyl (C=O) groups is 2. The molecule has 0 aliphatic rings. The van der Waals surface area contributed by atoms with Crippen LogP contribution in [0.1, 0.15) is 0 Å². The number of rotatable bonds is 5. The van der Waals surface area contributed by atoms with Gasteiger partial charge in [0.1, 0.15) is 24.2 Å². The molecule has 1 heterocycles. The first-order valence-corrected chi connectivity index (χ1v) is 6.67.